The van der Waals surface area contributed by atoms with E-state index in [-0.39, 0.29) is 16.7 Å². The van der Waals surface area contributed by atoms with Crippen molar-refractivity contribution in [3.05, 3.63) is 23.8 Å². The molecular weight excluding hydrogens is 284 g/mol. The van der Waals surface area contributed by atoms with Crippen LogP contribution in [0.4, 0.5) is 5.69 Å². The summed E-state index contributed by atoms with van der Waals surface area (Å²) in [6.07, 6.45) is 2.14. The van der Waals surface area contributed by atoms with Gasteiger partial charge in [-0.3, -0.25) is 4.21 Å². The molecule has 2 unspecified atom stereocenters. The van der Waals surface area contributed by atoms with Gasteiger partial charge in [0.15, 0.2) is 0 Å². The number of sulfonamides is 1. The first-order chi connectivity index (χ1) is 8.72. The third kappa shape index (κ3) is 4.93. The molecule has 0 aromatic heterocycles. The second-order valence-corrected chi connectivity index (χ2v) is 8.14. The molecule has 2 atom stereocenters. The van der Waals surface area contributed by atoms with Crippen molar-refractivity contribution >= 4 is 26.5 Å². The maximum atomic E-state index is 12.0. The summed E-state index contributed by atoms with van der Waals surface area (Å²) in [6.45, 7) is 3.88. The largest absolute Gasteiger partial charge is 0.399 e. The second kappa shape index (κ2) is 6.49. The number of nitrogens with one attached hydrogen (secondary N) is 1. The van der Waals surface area contributed by atoms with Crippen LogP contribution in [0, 0.1) is 6.92 Å². The smallest absolute Gasteiger partial charge is 0.240 e. The number of nitrogen functional groups attached to an aromatic ring is 1. The zero-order valence-corrected chi connectivity index (χ0v) is 13.0. The van der Waals surface area contributed by atoms with Gasteiger partial charge in [-0.2, -0.15) is 0 Å². The topological polar surface area (TPSA) is 89.3 Å². The van der Waals surface area contributed by atoms with E-state index in [1.807, 2.05) is 6.92 Å². The molecule has 108 valence electrons. The normalized spacial score (nSPS) is 15.1. The molecule has 7 heteroatoms. The lowest BCUT2D eigenvalue weighted by Gasteiger charge is -2.11. The van der Waals surface area contributed by atoms with Gasteiger partial charge in [0.25, 0.3) is 0 Å². The molecule has 0 radical (unpaired) electrons. The number of rotatable bonds is 6. The van der Waals surface area contributed by atoms with Gasteiger partial charge in [0.2, 0.25) is 10.0 Å². The van der Waals surface area contributed by atoms with E-state index in [0.29, 0.717) is 12.1 Å². The van der Waals surface area contributed by atoms with Gasteiger partial charge >= 0.3 is 0 Å². The van der Waals surface area contributed by atoms with Crippen LogP contribution in [0.25, 0.3) is 0 Å². The minimum Gasteiger partial charge on any atom is -0.399 e. The first-order valence-electron chi connectivity index (χ1n) is 5.91. The summed E-state index contributed by atoms with van der Waals surface area (Å²) in [4.78, 5) is 0.162. The number of hydrogen-bond acceptors (Lipinski definition) is 4. The van der Waals surface area contributed by atoms with Gasteiger partial charge in [-0.1, -0.05) is 6.92 Å². The Balaban J connectivity index is 2.73. The Kier molecular flexibility index (Phi) is 5.51. The van der Waals surface area contributed by atoms with Gasteiger partial charge in [0.05, 0.1) is 4.90 Å². The molecule has 3 N–H and O–H groups in total. The standard InChI is InChI=1S/C12H20N2O3S2/c1-9-6-11(13)8-12(7-9)19(16,17)14-5-4-10(2)18(3)15/h6-8,10,14H,4-5,13H2,1-3H3. The number of hydrogen-bond donors (Lipinski definition) is 2. The lowest BCUT2D eigenvalue weighted by Crippen LogP contribution is -2.27. The van der Waals surface area contributed by atoms with Crippen LogP contribution in [0.3, 0.4) is 0 Å². The molecule has 0 fully saturated rings. The summed E-state index contributed by atoms with van der Waals surface area (Å²) in [5.74, 6) is 0. The highest BCUT2D eigenvalue weighted by molar-refractivity contribution is 7.89. The molecular formula is C12H20N2O3S2. The zero-order chi connectivity index (χ0) is 14.6. The molecule has 0 saturated heterocycles. The van der Waals surface area contributed by atoms with Gasteiger partial charge in [-0.25, -0.2) is 13.1 Å². The van der Waals surface area contributed by atoms with Crippen LogP contribution in [0.1, 0.15) is 18.9 Å². The average molecular weight is 304 g/mol. The molecule has 1 aromatic rings. The SMILES string of the molecule is Cc1cc(N)cc(S(=O)(=O)NCCC(C)S(C)=O)c1. The quantitative estimate of drug-likeness (QED) is 0.768. The Morgan fingerprint density at radius 3 is 2.53 bits per heavy atom. The van der Waals surface area contributed by atoms with E-state index in [9.17, 15) is 12.6 Å². The van der Waals surface area contributed by atoms with Gasteiger partial charge in [0.1, 0.15) is 0 Å². The Labute approximate surface area is 117 Å². The van der Waals surface area contributed by atoms with Crippen molar-refractivity contribution in [2.45, 2.75) is 30.4 Å². The second-order valence-electron chi connectivity index (χ2n) is 4.58. The van der Waals surface area contributed by atoms with Crippen molar-refractivity contribution < 1.29 is 12.6 Å². The molecule has 0 amide bonds. The zero-order valence-electron chi connectivity index (χ0n) is 11.3. The monoisotopic (exact) mass is 304 g/mol. The summed E-state index contributed by atoms with van der Waals surface area (Å²) in [5.41, 5.74) is 6.85. The number of benzene rings is 1. The first-order valence-corrected chi connectivity index (χ1v) is 9.02. The van der Waals surface area contributed by atoms with Gasteiger partial charge < -0.3 is 5.73 Å². The molecule has 5 nitrogen and oxygen atoms in total. The maximum Gasteiger partial charge on any atom is 0.240 e. The Morgan fingerprint density at radius 2 is 2.00 bits per heavy atom. The lowest BCUT2D eigenvalue weighted by atomic mass is 10.2. The third-order valence-corrected chi connectivity index (χ3v) is 5.60. The van der Waals surface area contributed by atoms with Crippen LogP contribution in [-0.4, -0.2) is 30.7 Å². The molecule has 0 aliphatic heterocycles. The van der Waals surface area contributed by atoms with Gasteiger partial charge in [0, 0.05) is 34.5 Å². The molecule has 19 heavy (non-hydrogen) atoms. The highest BCUT2D eigenvalue weighted by atomic mass is 32.2. The molecule has 1 rings (SSSR count). The predicted octanol–water partition coefficient (Wildman–Crippen LogP) is 1.01. The Hall–Kier alpha value is -0.920. The van der Waals surface area contributed by atoms with Crippen LogP contribution < -0.4 is 10.5 Å². The highest BCUT2D eigenvalue weighted by Gasteiger charge is 2.15. The van der Waals surface area contributed by atoms with E-state index in [0.717, 1.165) is 5.56 Å². The number of nitrogens with two attached hydrogens (primary N) is 1. The lowest BCUT2D eigenvalue weighted by molar-refractivity contribution is 0.578. The fourth-order valence-electron chi connectivity index (χ4n) is 1.58. The van der Waals surface area contributed by atoms with E-state index in [4.69, 9.17) is 5.73 Å². The highest BCUT2D eigenvalue weighted by Crippen LogP contribution is 2.16. The molecule has 0 aliphatic rings. The number of aryl methyl sites for hydroxylation is 1. The van der Waals surface area contributed by atoms with E-state index in [1.54, 1.807) is 25.3 Å². The average Bonchev–Trinajstić information content (AvgIpc) is 2.27. The Morgan fingerprint density at radius 1 is 1.37 bits per heavy atom. The van der Waals surface area contributed by atoms with E-state index in [2.05, 4.69) is 4.72 Å². The van der Waals surface area contributed by atoms with E-state index >= 15 is 0 Å². The van der Waals surface area contributed by atoms with Crippen LogP contribution in [0.5, 0.6) is 0 Å². The summed E-state index contributed by atoms with van der Waals surface area (Å²) >= 11 is 0. The van der Waals surface area contributed by atoms with E-state index < -0.39 is 20.8 Å². The van der Waals surface area contributed by atoms with Crippen molar-refractivity contribution in [3.8, 4) is 0 Å². The van der Waals surface area contributed by atoms with Crippen molar-refractivity contribution in [3.63, 3.8) is 0 Å². The molecule has 0 bridgehead atoms. The summed E-state index contributed by atoms with van der Waals surface area (Å²) in [5, 5.41) is -0.0368. The van der Waals surface area contributed by atoms with Crippen molar-refractivity contribution in [1.29, 1.82) is 0 Å². The Bertz CT molecular complexity index is 550. The fourth-order valence-corrected chi connectivity index (χ4v) is 3.21. The third-order valence-electron chi connectivity index (χ3n) is 2.79. The van der Waals surface area contributed by atoms with E-state index in [1.165, 1.54) is 6.07 Å². The van der Waals surface area contributed by atoms with Crippen LogP contribution in [0.15, 0.2) is 23.1 Å². The number of anilines is 1. The summed E-state index contributed by atoms with van der Waals surface area (Å²) < 4.78 is 37.8. The summed E-state index contributed by atoms with van der Waals surface area (Å²) in [7, 11) is -4.50. The first kappa shape index (κ1) is 16.1. The van der Waals surface area contributed by atoms with Crippen LogP contribution in [0.2, 0.25) is 0 Å². The van der Waals surface area contributed by atoms with Crippen LogP contribution >= 0.6 is 0 Å². The van der Waals surface area contributed by atoms with Crippen LogP contribution in [-0.2, 0) is 20.8 Å². The minimum atomic E-state index is -3.56. The molecule has 0 heterocycles. The molecule has 1 aromatic carbocycles. The molecule has 0 spiro atoms. The van der Waals surface area contributed by atoms with Crippen molar-refractivity contribution in [2.75, 3.05) is 18.5 Å². The minimum absolute atomic E-state index is 0.0368. The maximum absolute atomic E-state index is 12.0. The van der Waals surface area contributed by atoms with Crippen molar-refractivity contribution in [2.24, 2.45) is 0 Å². The summed E-state index contributed by atoms with van der Waals surface area (Å²) in [6, 6.07) is 4.71. The van der Waals surface area contributed by atoms with Gasteiger partial charge in [-0.15, -0.1) is 0 Å². The predicted molar refractivity (Wildman–Crippen MR) is 78.9 cm³/mol. The van der Waals surface area contributed by atoms with Crippen molar-refractivity contribution in [1.82, 2.24) is 4.72 Å². The van der Waals surface area contributed by atoms with Gasteiger partial charge in [-0.05, 0) is 37.1 Å². The molecule has 0 aliphatic carbocycles. The molecule has 0 saturated carbocycles. The fraction of sp³-hybridized carbons (Fsp3) is 0.500.